The first-order valence-corrected chi connectivity index (χ1v) is 23.0. The van der Waals surface area contributed by atoms with Crippen molar-refractivity contribution >= 4 is 11.7 Å². The molecule has 0 aliphatic carbocycles. The van der Waals surface area contributed by atoms with Gasteiger partial charge in [0.05, 0.1) is 32.0 Å². The van der Waals surface area contributed by atoms with Gasteiger partial charge in [0.2, 0.25) is 5.91 Å². The molecule has 60 heavy (non-hydrogen) atoms. The molecule has 1 aliphatic rings. The summed E-state index contributed by atoms with van der Waals surface area (Å²) in [7, 11) is 0. The van der Waals surface area contributed by atoms with E-state index >= 15 is 0 Å². The van der Waals surface area contributed by atoms with Gasteiger partial charge in [0.15, 0.2) is 12.1 Å². The number of amides is 1. The molecular formula is C48H77NO11. The van der Waals surface area contributed by atoms with E-state index in [1.807, 2.05) is 54.6 Å². The lowest BCUT2D eigenvalue weighted by Crippen LogP contribution is -2.60. The second-order valence-corrected chi connectivity index (χ2v) is 16.6. The highest BCUT2D eigenvalue weighted by Gasteiger charge is 2.44. The highest BCUT2D eigenvalue weighted by atomic mass is 16.7. The zero-order valence-corrected chi connectivity index (χ0v) is 36.2. The fourth-order valence-corrected chi connectivity index (χ4v) is 7.66. The monoisotopic (exact) mass is 844 g/mol. The minimum absolute atomic E-state index is 0.00366. The summed E-state index contributed by atoms with van der Waals surface area (Å²) in [5.41, 5.74) is 2.28. The predicted molar refractivity (Wildman–Crippen MR) is 232 cm³/mol. The van der Waals surface area contributed by atoms with E-state index in [4.69, 9.17) is 14.2 Å². The van der Waals surface area contributed by atoms with Crippen molar-refractivity contribution in [3.63, 3.8) is 0 Å². The molecule has 1 amide bonds. The van der Waals surface area contributed by atoms with Crippen molar-refractivity contribution in [2.45, 2.75) is 197 Å². The maximum absolute atomic E-state index is 13.0. The minimum Gasteiger partial charge on any atom is -0.394 e. The Balaban J connectivity index is 1.32. The van der Waals surface area contributed by atoms with Gasteiger partial charge in [0.25, 0.3) is 0 Å². The molecule has 2 aromatic rings. The summed E-state index contributed by atoms with van der Waals surface area (Å²) < 4.78 is 17.0. The summed E-state index contributed by atoms with van der Waals surface area (Å²) in [5.74, 6) is -0.308. The van der Waals surface area contributed by atoms with E-state index < -0.39 is 55.6 Å². The lowest BCUT2D eigenvalue weighted by Gasteiger charge is -2.40. The maximum Gasteiger partial charge on any atom is 0.220 e. The second-order valence-electron chi connectivity index (χ2n) is 16.6. The Morgan fingerprint density at radius 1 is 0.700 bits per heavy atom. The maximum atomic E-state index is 13.0. The summed E-state index contributed by atoms with van der Waals surface area (Å²) in [6.45, 7) is 2.37. The fourth-order valence-electron chi connectivity index (χ4n) is 7.66. The lowest BCUT2D eigenvalue weighted by molar-refractivity contribution is -0.303. The Kier molecular flexibility index (Phi) is 26.7. The summed E-state index contributed by atoms with van der Waals surface area (Å²) in [4.78, 5) is 25.8. The van der Waals surface area contributed by atoms with E-state index in [1.165, 1.54) is 51.4 Å². The van der Waals surface area contributed by atoms with Crippen molar-refractivity contribution in [3.8, 4) is 0 Å². The van der Waals surface area contributed by atoms with E-state index in [2.05, 4.69) is 12.2 Å². The van der Waals surface area contributed by atoms with Crippen molar-refractivity contribution in [3.05, 3.63) is 71.3 Å². The largest absolute Gasteiger partial charge is 0.394 e. The number of carbonyl (C=O) groups is 2. The number of aliphatic hydroxyl groups excluding tert-OH is 6. The average Bonchev–Trinajstić information content (AvgIpc) is 3.26. The lowest BCUT2D eigenvalue weighted by atomic mass is 9.98. The van der Waals surface area contributed by atoms with E-state index in [1.54, 1.807) is 0 Å². The van der Waals surface area contributed by atoms with Gasteiger partial charge in [-0.25, -0.2) is 0 Å². The van der Waals surface area contributed by atoms with Crippen LogP contribution in [-0.4, -0.2) is 111 Å². The topological polar surface area (TPSA) is 195 Å². The van der Waals surface area contributed by atoms with E-state index in [-0.39, 0.29) is 24.7 Å². The van der Waals surface area contributed by atoms with Crippen molar-refractivity contribution in [2.75, 3.05) is 19.8 Å². The molecule has 340 valence electrons. The zero-order chi connectivity index (χ0) is 43.4. The van der Waals surface area contributed by atoms with Crippen LogP contribution in [0.5, 0.6) is 0 Å². The summed E-state index contributed by atoms with van der Waals surface area (Å²) in [6, 6.07) is 15.8. The first-order valence-electron chi connectivity index (χ1n) is 23.0. The van der Waals surface area contributed by atoms with Gasteiger partial charge in [-0.1, -0.05) is 165 Å². The van der Waals surface area contributed by atoms with Gasteiger partial charge in [-0.2, -0.15) is 0 Å². The second kappa shape index (κ2) is 31.1. The van der Waals surface area contributed by atoms with Crippen LogP contribution in [0, 0.1) is 0 Å². The van der Waals surface area contributed by atoms with E-state index in [9.17, 15) is 40.2 Å². The number of carbonyl (C=O) groups excluding carboxylic acids is 2. The highest BCUT2D eigenvalue weighted by molar-refractivity contribution is 6.09. The number of rotatable bonds is 34. The van der Waals surface area contributed by atoms with Crippen molar-refractivity contribution in [2.24, 2.45) is 0 Å². The quantitative estimate of drug-likeness (QED) is 0.0294. The molecule has 8 atom stereocenters. The van der Waals surface area contributed by atoms with Crippen LogP contribution in [0.15, 0.2) is 54.6 Å². The number of aliphatic hydroxyl groups is 6. The predicted octanol–water partition coefficient (Wildman–Crippen LogP) is 6.67. The zero-order valence-electron chi connectivity index (χ0n) is 36.2. The molecular weight excluding hydrogens is 767 g/mol. The molecule has 1 fully saturated rings. The molecule has 5 unspecified atom stereocenters. The molecule has 1 aliphatic heterocycles. The normalized spacial score (nSPS) is 20.8. The SMILES string of the molecule is CCCCCCCCCCCCCC[C@@H](O)[C@@H](O)[C@H](COC1OC(CO)C(O)C(O)C1O)NC(=O)CCCCCCCCCOCc1cccc(C(=O)c2ccccc2)c1. The van der Waals surface area contributed by atoms with Crippen LogP contribution in [0.4, 0.5) is 0 Å². The van der Waals surface area contributed by atoms with Gasteiger partial charge >= 0.3 is 0 Å². The average molecular weight is 844 g/mol. The number of benzene rings is 2. The molecule has 0 bridgehead atoms. The van der Waals surface area contributed by atoms with Crippen molar-refractivity contribution in [1.29, 1.82) is 0 Å². The number of nitrogens with one attached hydrogen (secondary N) is 1. The Labute approximate surface area is 359 Å². The Bertz CT molecular complexity index is 1410. The Morgan fingerprint density at radius 2 is 1.28 bits per heavy atom. The molecule has 0 spiro atoms. The van der Waals surface area contributed by atoms with Crippen LogP contribution in [0.25, 0.3) is 0 Å². The van der Waals surface area contributed by atoms with Crippen LogP contribution in [0.2, 0.25) is 0 Å². The molecule has 0 aromatic heterocycles. The van der Waals surface area contributed by atoms with Gasteiger partial charge in [-0.3, -0.25) is 9.59 Å². The van der Waals surface area contributed by atoms with Crippen LogP contribution in [-0.2, 0) is 25.6 Å². The third kappa shape index (κ3) is 19.9. The summed E-state index contributed by atoms with van der Waals surface area (Å²) >= 11 is 0. The fraction of sp³-hybridized carbons (Fsp3) is 0.708. The summed E-state index contributed by atoms with van der Waals surface area (Å²) in [5, 5.41) is 65.2. The number of ketones is 1. The Hall–Kier alpha value is -2.78. The number of ether oxygens (including phenoxy) is 3. The molecule has 12 heteroatoms. The van der Waals surface area contributed by atoms with Crippen LogP contribution < -0.4 is 5.32 Å². The van der Waals surface area contributed by atoms with Crippen molar-refractivity contribution in [1.82, 2.24) is 5.32 Å². The number of unbranched alkanes of at least 4 members (excludes halogenated alkanes) is 17. The van der Waals surface area contributed by atoms with Gasteiger partial charge in [-0.15, -0.1) is 0 Å². The van der Waals surface area contributed by atoms with Gasteiger partial charge in [0, 0.05) is 24.2 Å². The third-order valence-corrected chi connectivity index (χ3v) is 11.5. The molecule has 0 radical (unpaired) electrons. The summed E-state index contributed by atoms with van der Waals surface area (Å²) in [6.07, 6.45) is 11.4. The molecule has 2 aromatic carbocycles. The molecule has 1 saturated heterocycles. The first kappa shape index (κ1) is 51.6. The van der Waals surface area contributed by atoms with Gasteiger partial charge in [0.1, 0.15) is 30.5 Å². The highest BCUT2D eigenvalue weighted by Crippen LogP contribution is 2.23. The first-order chi connectivity index (χ1) is 29.2. The molecule has 3 rings (SSSR count). The standard InChI is InChI=1S/C48H77NO11/c1-2-3-4-5-6-7-8-9-10-12-15-21-29-40(51)44(54)39(35-59-48-47(57)46(56)45(55)41(33-50)60-48)49-42(52)30-22-16-13-11-14-17-23-31-58-34-36-25-24-28-38(32-36)43(53)37-26-19-18-20-27-37/h18-20,24-28,32,39-41,44-48,50-51,54-57H,2-17,21-23,29-31,33-35H2,1H3,(H,49,52)/t39-,40+,41?,44-,45?,46?,47?,48?/m0/s1. The van der Waals surface area contributed by atoms with E-state index in [0.717, 1.165) is 69.8 Å². The number of hydrogen-bond acceptors (Lipinski definition) is 11. The smallest absolute Gasteiger partial charge is 0.220 e. The van der Waals surface area contributed by atoms with Crippen LogP contribution >= 0.6 is 0 Å². The number of hydrogen-bond donors (Lipinski definition) is 7. The van der Waals surface area contributed by atoms with Crippen molar-refractivity contribution < 1.29 is 54.4 Å². The third-order valence-electron chi connectivity index (χ3n) is 11.5. The van der Waals surface area contributed by atoms with Crippen LogP contribution in [0.3, 0.4) is 0 Å². The molecule has 0 saturated carbocycles. The molecule has 12 nitrogen and oxygen atoms in total. The minimum atomic E-state index is -1.63. The Morgan fingerprint density at radius 3 is 1.92 bits per heavy atom. The van der Waals surface area contributed by atoms with E-state index in [0.29, 0.717) is 37.2 Å². The van der Waals surface area contributed by atoms with Gasteiger partial charge in [-0.05, 0) is 30.9 Å². The van der Waals surface area contributed by atoms with Gasteiger partial charge < -0.3 is 50.2 Å². The molecule has 1 heterocycles. The van der Waals surface area contributed by atoms with Crippen LogP contribution in [0.1, 0.15) is 163 Å². The molecule has 7 N–H and O–H groups in total.